The predicted molar refractivity (Wildman–Crippen MR) is 70.2 cm³/mol. The van der Waals surface area contributed by atoms with Crippen molar-refractivity contribution in [3.8, 4) is 0 Å². The van der Waals surface area contributed by atoms with Gasteiger partial charge >= 0.3 is 0 Å². The SMILES string of the molecule is C=CCOC1(c2cc(F)c(CO)cc2F)CCOCC1. The number of ether oxygens (including phenoxy) is 2. The molecule has 0 atom stereocenters. The van der Waals surface area contributed by atoms with E-state index in [1.54, 1.807) is 6.08 Å². The zero-order valence-corrected chi connectivity index (χ0v) is 11.2. The molecule has 1 fully saturated rings. The summed E-state index contributed by atoms with van der Waals surface area (Å²) < 4.78 is 39.1. The second-order valence-electron chi connectivity index (χ2n) is 4.79. The van der Waals surface area contributed by atoms with Crippen LogP contribution in [0.5, 0.6) is 0 Å². The highest BCUT2D eigenvalue weighted by Gasteiger charge is 2.38. The van der Waals surface area contributed by atoms with Crippen molar-refractivity contribution in [2.45, 2.75) is 25.0 Å². The van der Waals surface area contributed by atoms with Crippen LogP contribution in [0.1, 0.15) is 24.0 Å². The van der Waals surface area contributed by atoms with Gasteiger partial charge in [-0.3, -0.25) is 0 Å². The molecule has 0 aromatic heterocycles. The lowest BCUT2D eigenvalue weighted by atomic mass is 9.85. The van der Waals surface area contributed by atoms with Gasteiger partial charge in [0.2, 0.25) is 0 Å². The number of aliphatic hydroxyl groups is 1. The topological polar surface area (TPSA) is 38.7 Å². The molecule has 0 radical (unpaired) electrons. The Kier molecular flexibility index (Phi) is 4.86. The summed E-state index contributed by atoms with van der Waals surface area (Å²) in [6.45, 7) is 4.16. The quantitative estimate of drug-likeness (QED) is 0.845. The molecular weight excluding hydrogens is 266 g/mol. The highest BCUT2D eigenvalue weighted by atomic mass is 19.1. The molecule has 0 saturated carbocycles. The van der Waals surface area contributed by atoms with Crippen LogP contribution in [0.2, 0.25) is 0 Å². The molecule has 0 aliphatic carbocycles. The predicted octanol–water partition coefficient (Wildman–Crippen LogP) is 2.67. The molecule has 5 heteroatoms. The molecule has 1 heterocycles. The number of rotatable bonds is 5. The molecule has 1 aliphatic heterocycles. The van der Waals surface area contributed by atoms with E-state index in [0.29, 0.717) is 26.1 Å². The standard InChI is InChI=1S/C15H18F2O3/c1-2-5-20-15(3-6-19-7-4-15)12-9-13(16)11(10-18)8-14(12)17/h2,8-9,18H,1,3-7,10H2. The van der Waals surface area contributed by atoms with E-state index in [1.807, 2.05) is 0 Å². The zero-order chi connectivity index (χ0) is 14.6. The fourth-order valence-corrected chi connectivity index (χ4v) is 2.47. The summed E-state index contributed by atoms with van der Waals surface area (Å²) in [5, 5.41) is 8.98. The molecule has 1 aromatic carbocycles. The van der Waals surface area contributed by atoms with Crippen LogP contribution in [0.3, 0.4) is 0 Å². The van der Waals surface area contributed by atoms with Crippen molar-refractivity contribution in [1.29, 1.82) is 0 Å². The minimum absolute atomic E-state index is 0.0582. The molecule has 0 bridgehead atoms. The van der Waals surface area contributed by atoms with Crippen LogP contribution in [0.25, 0.3) is 0 Å². The minimum atomic E-state index is -0.897. The first-order valence-electron chi connectivity index (χ1n) is 6.55. The molecule has 20 heavy (non-hydrogen) atoms. The zero-order valence-electron chi connectivity index (χ0n) is 11.2. The van der Waals surface area contributed by atoms with Gasteiger partial charge in [0.05, 0.1) is 13.2 Å². The lowest BCUT2D eigenvalue weighted by Gasteiger charge is -2.37. The molecule has 0 spiro atoms. The maximum atomic E-state index is 14.2. The number of hydrogen-bond donors (Lipinski definition) is 1. The van der Waals surface area contributed by atoms with Crippen LogP contribution in [-0.4, -0.2) is 24.9 Å². The molecule has 0 unspecified atom stereocenters. The van der Waals surface area contributed by atoms with Crippen LogP contribution in [-0.2, 0) is 21.7 Å². The summed E-state index contributed by atoms with van der Waals surface area (Å²) in [7, 11) is 0. The molecule has 1 saturated heterocycles. The van der Waals surface area contributed by atoms with Gasteiger partial charge in [-0.15, -0.1) is 6.58 Å². The maximum Gasteiger partial charge on any atom is 0.129 e. The Morgan fingerprint density at radius 1 is 1.30 bits per heavy atom. The van der Waals surface area contributed by atoms with Gasteiger partial charge in [0.15, 0.2) is 0 Å². The van der Waals surface area contributed by atoms with E-state index < -0.39 is 23.8 Å². The Morgan fingerprint density at radius 2 is 2.00 bits per heavy atom. The van der Waals surface area contributed by atoms with Crippen molar-refractivity contribution in [1.82, 2.24) is 0 Å². The van der Waals surface area contributed by atoms with Gasteiger partial charge in [0.25, 0.3) is 0 Å². The third-order valence-corrected chi connectivity index (χ3v) is 3.58. The first-order valence-corrected chi connectivity index (χ1v) is 6.55. The lowest BCUT2D eigenvalue weighted by Crippen LogP contribution is -2.37. The summed E-state index contributed by atoms with van der Waals surface area (Å²) in [6, 6.07) is 2.15. The van der Waals surface area contributed by atoms with Crippen LogP contribution in [0.4, 0.5) is 8.78 Å². The van der Waals surface area contributed by atoms with Crippen molar-refractivity contribution in [3.05, 3.63) is 47.5 Å². The summed E-state index contributed by atoms with van der Waals surface area (Å²) in [5.41, 5.74) is -0.778. The van der Waals surface area contributed by atoms with E-state index in [9.17, 15) is 8.78 Å². The van der Waals surface area contributed by atoms with Crippen molar-refractivity contribution in [3.63, 3.8) is 0 Å². The molecule has 2 rings (SSSR count). The van der Waals surface area contributed by atoms with Crippen LogP contribution >= 0.6 is 0 Å². The van der Waals surface area contributed by atoms with Gasteiger partial charge in [0, 0.05) is 37.2 Å². The largest absolute Gasteiger partial charge is 0.392 e. The van der Waals surface area contributed by atoms with Gasteiger partial charge in [-0.1, -0.05) is 6.08 Å². The second kappa shape index (κ2) is 6.43. The van der Waals surface area contributed by atoms with Gasteiger partial charge in [-0.25, -0.2) is 8.78 Å². The van der Waals surface area contributed by atoms with Gasteiger partial charge in [-0.05, 0) is 12.1 Å². The number of halogens is 2. The van der Waals surface area contributed by atoms with Crippen LogP contribution < -0.4 is 0 Å². The second-order valence-corrected chi connectivity index (χ2v) is 4.79. The van der Waals surface area contributed by atoms with E-state index >= 15 is 0 Å². The van der Waals surface area contributed by atoms with Crippen molar-refractivity contribution in [2.75, 3.05) is 19.8 Å². The van der Waals surface area contributed by atoms with E-state index in [1.165, 1.54) is 0 Å². The highest BCUT2D eigenvalue weighted by Crippen LogP contribution is 2.38. The highest BCUT2D eigenvalue weighted by molar-refractivity contribution is 5.31. The molecule has 1 aliphatic rings. The minimum Gasteiger partial charge on any atom is -0.392 e. The fourth-order valence-electron chi connectivity index (χ4n) is 2.47. The van der Waals surface area contributed by atoms with E-state index in [0.717, 1.165) is 12.1 Å². The average molecular weight is 284 g/mol. The summed E-state index contributed by atoms with van der Waals surface area (Å²) >= 11 is 0. The Hall–Kier alpha value is -1.30. The van der Waals surface area contributed by atoms with Crippen LogP contribution in [0.15, 0.2) is 24.8 Å². The Bertz CT molecular complexity index is 482. The van der Waals surface area contributed by atoms with Crippen molar-refractivity contribution in [2.24, 2.45) is 0 Å². The van der Waals surface area contributed by atoms with Gasteiger partial charge in [0.1, 0.15) is 17.2 Å². The van der Waals surface area contributed by atoms with E-state index in [4.69, 9.17) is 14.6 Å². The van der Waals surface area contributed by atoms with Crippen LogP contribution in [0, 0.1) is 11.6 Å². The van der Waals surface area contributed by atoms with E-state index in [2.05, 4.69) is 6.58 Å². The molecular formula is C15H18F2O3. The lowest BCUT2D eigenvalue weighted by molar-refractivity contribution is -0.109. The summed E-state index contributed by atoms with van der Waals surface area (Å²) in [5.74, 6) is -1.20. The first kappa shape index (κ1) is 15.1. The number of benzene rings is 1. The number of aliphatic hydroxyl groups excluding tert-OH is 1. The normalized spacial score (nSPS) is 17.9. The Morgan fingerprint density at radius 3 is 2.60 bits per heavy atom. The third kappa shape index (κ3) is 2.90. The molecule has 0 amide bonds. The fraction of sp³-hybridized carbons (Fsp3) is 0.467. The Balaban J connectivity index is 2.42. The Labute approximate surface area is 116 Å². The molecule has 1 aromatic rings. The first-order chi connectivity index (χ1) is 9.63. The average Bonchev–Trinajstić information content (AvgIpc) is 2.48. The maximum absolute atomic E-state index is 14.2. The van der Waals surface area contributed by atoms with Crippen molar-refractivity contribution >= 4 is 0 Å². The molecule has 1 N–H and O–H groups in total. The smallest absolute Gasteiger partial charge is 0.129 e. The summed E-state index contributed by atoms with van der Waals surface area (Å²) in [6.07, 6.45) is 2.49. The van der Waals surface area contributed by atoms with E-state index in [-0.39, 0.29) is 17.7 Å². The number of hydrogen-bond acceptors (Lipinski definition) is 3. The monoisotopic (exact) mass is 284 g/mol. The summed E-state index contributed by atoms with van der Waals surface area (Å²) in [4.78, 5) is 0. The van der Waals surface area contributed by atoms with Gasteiger partial charge < -0.3 is 14.6 Å². The van der Waals surface area contributed by atoms with Gasteiger partial charge in [-0.2, -0.15) is 0 Å². The third-order valence-electron chi connectivity index (χ3n) is 3.58. The molecule has 3 nitrogen and oxygen atoms in total. The van der Waals surface area contributed by atoms with Crippen molar-refractivity contribution < 1.29 is 23.4 Å². The molecule has 110 valence electrons.